The number of ether oxygens (including phenoxy) is 1. The van der Waals surface area contributed by atoms with Gasteiger partial charge in [-0.25, -0.2) is 0 Å². The number of hydrogen-bond acceptors (Lipinski definition) is 3. The van der Waals surface area contributed by atoms with Gasteiger partial charge in [0.1, 0.15) is 18.4 Å². The zero-order chi connectivity index (χ0) is 22.5. The smallest absolute Gasteiger partial charge is 0.321 e. The fourth-order valence-electron chi connectivity index (χ4n) is 3.55. The van der Waals surface area contributed by atoms with Crippen molar-refractivity contribution in [1.82, 2.24) is 10.3 Å². The van der Waals surface area contributed by atoms with E-state index >= 15 is 0 Å². The molecule has 0 unspecified atom stereocenters. The minimum atomic E-state index is -0.887. The number of benzene rings is 3. The van der Waals surface area contributed by atoms with Crippen molar-refractivity contribution in [1.29, 1.82) is 0 Å². The second-order valence-corrected chi connectivity index (χ2v) is 8.33. The number of rotatable bonds is 9. The van der Waals surface area contributed by atoms with Crippen LogP contribution in [0, 0.1) is 0 Å². The summed E-state index contributed by atoms with van der Waals surface area (Å²) in [6.07, 6.45) is 2.26. The molecule has 32 heavy (non-hydrogen) atoms. The Hall–Kier alpha value is -2.99. The number of aromatic amines is 1. The van der Waals surface area contributed by atoms with Crippen LogP contribution in [-0.2, 0) is 24.4 Å². The maximum atomic E-state index is 11.8. The summed E-state index contributed by atoms with van der Waals surface area (Å²) in [6, 6.07) is 20.1. The Morgan fingerprint density at radius 1 is 1.00 bits per heavy atom. The van der Waals surface area contributed by atoms with Crippen LogP contribution in [0.15, 0.2) is 72.9 Å². The summed E-state index contributed by atoms with van der Waals surface area (Å²) < 4.78 is 5.87. The normalized spacial score (nSPS) is 12.1. The summed E-state index contributed by atoms with van der Waals surface area (Å²) in [6.45, 7) is 0.759. The molecular weight excluding hydrogens is 447 g/mol. The van der Waals surface area contributed by atoms with Crippen molar-refractivity contribution in [2.24, 2.45) is 0 Å². The second-order valence-electron chi connectivity index (χ2n) is 7.52. The Morgan fingerprint density at radius 3 is 2.66 bits per heavy atom. The molecule has 3 aromatic carbocycles. The molecule has 4 aromatic rings. The molecule has 0 saturated carbocycles. The number of para-hydroxylation sites is 1. The third-order valence-electron chi connectivity index (χ3n) is 5.24. The van der Waals surface area contributed by atoms with Gasteiger partial charge in [-0.1, -0.05) is 59.6 Å². The maximum Gasteiger partial charge on any atom is 0.321 e. The molecule has 164 valence electrons. The van der Waals surface area contributed by atoms with Gasteiger partial charge >= 0.3 is 5.97 Å². The monoisotopic (exact) mass is 468 g/mol. The van der Waals surface area contributed by atoms with Gasteiger partial charge in [0, 0.05) is 30.1 Å². The number of aromatic nitrogens is 1. The molecule has 3 N–H and O–H groups in total. The number of carboxylic acid groups (broad SMARTS) is 1. The van der Waals surface area contributed by atoms with Crippen molar-refractivity contribution in [3.8, 4) is 5.75 Å². The largest absolute Gasteiger partial charge is 0.489 e. The summed E-state index contributed by atoms with van der Waals surface area (Å²) in [7, 11) is 0. The molecule has 0 aliphatic heterocycles. The molecule has 0 aliphatic carbocycles. The Balaban J connectivity index is 1.38. The van der Waals surface area contributed by atoms with E-state index < -0.39 is 12.0 Å². The lowest BCUT2D eigenvalue weighted by Crippen LogP contribution is -2.38. The lowest BCUT2D eigenvalue weighted by molar-refractivity contribution is -0.139. The number of carbonyl (C=O) groups is 1. The maximum absolute atomic E-state index is 11.8. The first kappa shape index (κ1) is 22.2. The van der Waals surface area contributed by atoms with Gasteiger partial charge in [0.25, 0.3) is 0 Å². The van der Waals surface area contributed by atoms with Crippen LogP contribution in [0.4, 0.5) is 0 Å². The lowest BCUT2D eigenvalue weighted by atomic mass is 10.0. The van der Waals surface area contributed by atoms with Crippen LogP contribution in [0.1, 0.15) is 16.7 Å². The van der Waals surface area contributed by atoms with Crippen molar-refractivity contribution in [2.45, 2.75) is 25.6 Å². The van der Waals surface area contributed by atoms with Crippen molar-refractivity contribution in [3.05, 3.63) is 99.7 Å². The summed E-state index contributed by atoms with van der Waals surface area (Å²) in [5, 5.41) is 14.9. The van der Waals surface area contributed by atoms with Crippen molar-refractivity contribution in [2.75, 3.05) is 0 Å². The summed E-state index contributed by atoms with van der Waals surface area (Å²) in [5.41, 5.74) is 3.81. The van der Waals surface area contributed by atoms with E-state index in [0.717, 1.165) is 27.6 Å². The van der Waals surface area contributed by atoms with Crippen LogP contribution in [0.5, 0.6) is 5.75 Å². The Bertz CT molecular complexity index is 1240. The van der Waals surface area contributed by atoms with Crippen molar-refractivity contribution >= 4 is 40.1 Å². The van der Waals surface area contributed by atoms with E-state index in [1.165, 1.54) is 0 Å². The van der Waals surface area contributed by atoms with Crippen molar-refractivity contribution in [3.63, 3.8) is 0 Å². The molecule has 1 aromatic heterocycles. The fourth-order valence-corrected chi connectivity index (χ4v) is 3.87. The zero-order valence-corrected chi connectivity index (χ0v) is 18.7. The van der Waals surface area contributed by atoms with Gasteiger partial charge in [-0.3, -0.25) is 4.79 Å². The van der Waals surface area contributed by atoms with Gasteiger partial charge in [0.05, 0.1) is 10.0 Å². The quantitative estimate of drug-likeness (QED) is 0.288. The minimum Gasteiger partial charge on any atom is -0.489 e. The molecule has 0 spiro atoms. The standard InChI is InChI=1S/C25H22Cl2N2O3/c26-21-9-8-17(11-22(21)27)15-32-19-5-3-4-16(10-19)13-28-24(25(30)31)12-18-14-29-23-7-2-1-6-20(18)23/h1-11,14,24,28-29H,12-13,15H2,(H,30,31)/t24-/m0/s1. The number of fused-ring (bicyclic) bond motifs is 1. The molecule has 5 nitrogen and oxygen atoms in total. The minimum absolute atomic E-state index is 0.353. The third kappa shape index (κ3) is 5.43. The van der Waals surface area contributed by atoms with Gasteiger partial charge in [-0.2, -0.15) is 0 Å². The second kappa shape index (κ2) is 10.1. The highest BCUT2D eigenvalue weighted by atomic mass is 35.5. The SMILES string of the molecule is O=C(O)[C@H](Cc1c[nH]c2ccccc12)NCc1cccc(OCc2ccc(Cl)c(Cl)c2)c1. The molecule has 0 radical (unpaired) electrons. The van der Waals surface area contributed by atoms with Gasteiger partial charge in [0.15, 0.2) is 0 Å². The van der Waals surface area contributed by atoms with Crippen LogP contribution in [0.25, 0.3) is 10.9 Å². The predicted molar refractivity (Wildman–Crippen MR) is 128 cm³/mol. The summed E-state index contributed by atoms with van der Waals surface area (Å²) in [5.74, 6) is -0.193. The number of aliphatic carboxylic acids is 1. The molecular formula is C25H22Cl2N2O3. The van der Waals surface area contributed by atoms with Crippen LogP contribution in [0.2, 0.25) is 10.0 Å². The van der Waals surface area contributed by atoms with Crippen LogP contribution < -0.4 is 10.1 Å². The molecule has 4 rings (SSSR count). The number of halogens is 2. The molecule has 0 aliphatic rings. The van der Waals surface area contributed by atoms with E-state index in [4.69, 9.17) is 27.9 Å². The molecule has 1 atom stereocenters. The lowest BCUT2D eigenvalue weighted by Gasteiger charge is -2.15. The highest BCUT2D eigenvalue weighted by Crippen LogP contribution is 2.24. The number of carboxylic acids is 1. The summed E-state index contributed by atoms with van der Waals surface area (Å²) >= 11 is 12.0. The topological polar surface area (TPSA) is 74.3 Å². The number of nitrogens with one attached hydrogen (secondary N) is 2. The van der Waals surface area contributed by atoms with Crippen molar-refractivity contribution < 1.29 is 14.6 Å². The highest BCUT2D eigenvalue weighted by molar-refractivity contribution is 6.42. The predicted octanol–water partition coefficient (Wildman–Crippen LogP) is 5.84. The molecule has 0 fully saturated rings. The third-order valence-corrected chi connectivity index (χ3v) is 5.98. The van der Waals surface area contributed by atoms with E-state index in [-0.39, 0.29) is 0 Å². The van der Waals surface area contributed by atoms with Gasteiger partial charge in [-0.05, 0) is 47.0 Å². The molecule has 0 saturated heterocycles. The average molecular weight is 469 g/mol. The van der Waals surface area contributed by atoms with Crippen LogP contribution in [-0.4, -0.2) is 22.1 Å². The molecule has 1 heterocycles. The first-order chi connectivity index (χ1) is 15.5. The highest BCUT2D eigenvalue weighted by Gasteiger charge is 2.19. The van der Waals surface area contributed by atoms with E-state index in [0.29, 0.717) is 35.4 Å². The van der Waals surface area contributed by atoms with E-state index in [1.54, 1.807) is 12.1 Å². The van der Waals surface area contributed by atoms with Crippen LogP contribution in [0.3, 0.4) is 0 Å². The number of hydrogen-bond donors (Lipinski definition) is 3. The summed E-state index contributed by atoms with van der Waals surface area (Å²) in [4.78, 5) is 15.0. The molecule has 7 heteroatoms. The molecule has 0 amide bonds. The van der Waals surface area contributed by atoms with Crippen LogP contribution >= 0.6 is 23.2 Å². The average Bonchev–Trinajstić information content (AvgIpc) is 3.20. The molecule has 0 bridgehead atoms. The first-order valence-electron chi connectivity index (χ1n) is 10.2. The van der Waals surface area contributed by atoms with Gasteiger partial charge in [-0.15, -0.1) is 0 Å². The first-order valence-corrected chi connectivity index (χ1v) is 10.9. The fraction of sp³-hybridized carbons (Fsp3) is 0.160. The number of H-pyrrole nitrogens is 1. The van der Waals surface area contributed by atoms with E-state index in [1.807, 2.05) is 60.8 Å². The van der Waals surface area contributed by atoms with E-state index in [2.05, 4.69) is 10.3 Å². The Labute approximate surface area is 195 Å². The Morgan fingerprint density at radius 2 is 1.84 bits per heavy atom. The van der Waals surface area contributed by atoms with Gasteiger partial charge < -0.3 is 20.1 Å². The van der Waals surface area contributed by atoms with Gasteiger partial charge in [0.2, 0.25) is 0 Å². The van der Waals surface area contributed by atoms with E-state index in [9.17, 15) is 9.90 Å². The zero-order valence-electron chi connectivity index (χ0n) is 17.1. The Kier molecular flexibility index (Phi) is 7.00.